The Morgan fingerprint density at radius 3 is 2.71 bits per heavy atom. The van der Waals surface area contributed by atoms with Crippen LogP contribution in [-0.2, 0) is 6.42 Å². The van der Waals surface area contributed by atoms with Gasteiger partial charge in [0.1, 0.15) is 5.82 Å². The Morgan fingerprint density at radius 1 is 1.18 bits per heavy atom. The van der Waals surface area contributed by atoms with Crippen LogP contribution in [0.1, 0.15) is 41.8 Å². The molecule has 0 bridgehead atoms. The molecule has 1 atom stereocenters. The zero-order valence-electron chi connectivity index (χ0n) is 15.5. The van der Waals surface area contributed by atoms with E-state index in [1.54, 1.807) is 16.8 Å². The number of hydrogen-bond donors (Lipinski definition) is 1. The van der Waals surface area contributed by atoms with Gasteiger partial charge in [0.25, 0.3) is 5.91 Å². The highest BCUT2D eigenvalue weighted by atomic mass is 19.1. The molecule has 0 saturated carbocycles. The minimum atomic E-state index is -0.344. The summed E-state index contributed by atoms with van der Waals surface area (Å²) < 4.78 is 16.7. The Balaban J connectivity index is 1.60. The normalized spacial score (nSPS) is 12.2. The number of carbonyl (C=O) groups excluding carboxylic acids is 1. The molecular formula is C20H19FN6O. The molecule has 3 heterocycles. The molecule has 1 aromatic carbocycles. The number of benzene rings is 1. The maximum Gasteiger partial charge on any atom is 0.255 e. The number of nitrogens with zero attached hydrogens (tertiary/aromatic N) is 5. The number of halogens is 1. The van der Waals surface area contributed by atoms with Crippen LogP contribution < -0.4 is 5.32 Å². The molecule has 0 fully saturated rings. The quantitative estimate of drug-likeness (QED) is 0.579. The van der Waals surface area contributed by atoms with Crippen molar-refractivity contribution in [1.29, 1.82) is 0 Å². The van der Waals surface area contributed by atoms with E-state index in [0.717, 1.165) is 11.3 Å². The second-order valence-corrected chi connectivity index (χ2v) is 6.43. The summed E-state index contributed by atoms with van der Waals surface area (Å²) in [6, 6.07) is 11.3. The molecular weight excluding hydrogens is 359 g/mol. The van der Waals surface area contributed by atoms with Gasteiger partial charge in [-0.3, -0.25) is 9.20 Å². The fourth-order valence-corrected chi connectivity index (χ4v) is 3.20. The van der Waals surface area contributed by atoms with Crippen molar-refractivity contribution in [1.82, 2.24) is 29.7 Å². The van der Waals surface area contributed by atoms with Crippen LogP contribution in [0.5, 0.6) is 0 Å². The first kappa shape index (κ1) is 17.8. The summed E-state index contributed by atoms with van der Waals surface area (Å²) in [5.41, 5.74) is 2.65. The SMILES string of the molecule is CCc1c(C(=O)NC(C)c2nnc3ccccn23)cnn1-c1ccc(F)cc1. The molecule has 1 N–H and O–H groups in total. The summed E-state index contributed by atoms with van der Waals surface area (Å²) in [6.45, 7) is 3.81. The molecule has 8 heteroatoms. The minimum Gasteiger partial charge on any atom is -0.342 e. The fraction of sp³-hybridized carbons (Fsp3) is 0.200. The number of amides is 1. The van der Waals surface area contributed by atoms with Gasteiger partial charge >= 0.3 is 0 Å². The van der Waals surface area contributed by atoms with Gasteiger partial charge in [0.2, 0.25) is 0 Å². The average Bonchev–Trinajstić information content (AvgIpc) is 3.32. The number of nitrogens with one attached hydrogen (secondary N) is 1. The topological polar surface area (TPSA) is 77.1 Å². The van der Waals surface area contributed by atoms with Gasteiger partial charge in [-0.25, -0.2) is 9.07 Å². The van der Waals surface area contributed by atoms with Gasteiger partial charge in [-0.2, -0.15) is 5.10 Å². The van der Waals surface area contributed by atoms with Crippen LogP contribution in [-0.4, -0.2) is 30.3 Å². The zero-order valence-corrected chi connectivity index (χ0v) is 15.5. The molecule has 3 aromatic heterocycles. The third-order valence-electron chi connectivity index (χ3n) is 4.59. The van der Waals surface area contributed by atoms with Crippen molar-refractivity contribution in [2.45, 2.75) is 26.3 Å². The summed E-state index contributed by atoms with van der Waals surface area (Å²) >= 11 is 0. The monoisotopic (exact) mass is 378 g/mol. The van der Waals surface area contributed by atoms with Crippen molar-refractivity contribution < 1.29 is 9.18 Å². The predicted octanol–water partition coefficient (Wildman–Crippen LogP) is 3.11. The van der Waals surface area contributed by atoms with E-state index in [9.17, 15) is 9.18 Å². The molecule has 1 unspecified atom stereocenters. The lowest BCUT2D eigenvalue weighted by atomic mass is 10.1. The van der Waals surface area contributed by atoms with E-state index >= 15 is 0 Å². The van der Waals surface area contributed by atoms with Crippen LogP contribution in [0.3, 0.4) is 0 Å². The molecule has 4 aromatic rings. The third kappa shape index (κ3) is 3.13. The maximum atomic E-state index is 13.2. The number of carbonyl (C=O) groups is 1. The molecule has 0 saturated heterocycles. The molecule has 0 aliphatic heterocycles. The number of hydrogen-bond acceptors (Lipinski definition) is 4. The highest BCUT2D eigenvalue weighted by molar-refractivity contribution is 5.95. The van der Waals surface area contributed by atoms with E-state index < -0.39 is 0 Å². The van der Waals surface area contributed by atoms with Crippen molar-refractivity contribution in [3.05, 3.63) is 77.8 Å². The molecule has 4 rings (SSSR count). The van der Waals surface area contributed by atoms with Crippen LogP contribution in [0.15, 0.2) is 54.9 Å². The van der Waals surface area contributed by atoms with Crippen LogP contribution in [0.25, 0.3) is 11.3 Å². The maximum absolute atomic E-state index is 13.2. The van der Waals surface area contributed by atoms with Gasteiger partial charge in [0.05, 0.1) is 29.2 Å². The first-order chi connectivity index (χ1) is 13.6. The van der Waals surface area contributed by atoms with Crippen molar-refractivity contribution in [3.8, 4) is 5.69 Å². The van der Waals surface area contributed by atoms with Gasteiger partial charge in [-0.05, 0) is 49.7 Å². The molecule has 28 heavy (non-hydrogen) atoms. The highest BCUT2D eigenvalue weighted by Crippen LogP contribution is 2.18. The summed E-state index contributed by atoms with van der Waals surface area (Å²) in [6.07, 6.45) is 3.99. The standard InChI is InChI=1S/C20H19FN6O/c1-3-17-16(12-22-27(17)15-9-7-14(21)8-10-15)20(28)23-13(2)19-25-24-18-6-4-5-11-26(18)19/h4-13H,3H2,1-2H3,(H,23,28). The first-order valence-corrected chi connectivity index (χ1v) is 9.02. The fourth-order valence-electron chi connectivity index (χ4n) is 3.20. The Bertz CT molecular complexity index is 1130. The Labute approximate surface area is 160 Å². The molecule has 0 aliphatic carbocycles. The van der Waals surface area contributed by atoms with Gasteiger partial charge < -0.3 is 5.32 Å². The van der Waals surface area contributed by atoms with E-state index in [0.29, 0.717) is 23.5 Å². The van der Waals surface area contributed by atoms with Crippen molar-refractivity contribution >= 4 is 11.6 Å². The van der Waals surface area contributed by atoms with Gasteiger partial charge in [-0.15, -0.1) is 10.2 Å². The van der Waals surface area contributed by atoms with E-state index in [4.69, 9.17) is 0 Å². The van der Waals surface area contributed by atoms with Gasteiger partial charge in [0, 0.05) is 6.20 Å². The number of rotatable bonds is 5. The van der Waals surface area contributed by atoms with Gasteiger partial charge in [0.15, 0.2) is 11.5 Å². The van der Waals surface area contributed by atoms with E-state index in [2.05, 4.69) is 20.6 Å². The highest BCUT2D eigenvalue weighted by Gasteiger charge is 2.21. The Kier molecular flexibility index (Phi) is 4.60. The van der Waals surface area contributed by atoms with E-state index in [1.807, 2.05) is 42.6 Å². The second kappa shape index (κ2) is 7.22. The first-order valence-electron chi connectivity index (χ1n) is 9.02. The molecule has 7 nitrogen and oxygen atoms in total. The van der Waals surface area contributed by atoms with Crippen LogP contribution in [0.4, 0.5) is 4.39 Å². The Hall–Kier alpha value is -3.55. The van der Waals surface area contributed by atoms with Gasteiger partial charge in [-0.1, -0.05) is 13.0 Å². The van der Waals surface area contributed by atoms with Crippen LogP contribution >= 0.6 is 0 Å². The van der Waals surface area contributed by atoms with Crippen molar-refractivity contribution in [2.75, 3.05) is 0 Å². The van der Waals surface area contributed by atoms with Crippen LogP contribution in [0, 0.1) is 5.82 Å². The molecule has 0 spiro atoms. The zero-order chi connectivity index (χ0) is 19.7. The number of fused-ring (bicyclic) bond motifs is 1. The van der Waals surface area contributed by atoms with Crippen molar-refractivity contribution in [2.24, 2.45) is 0 Å². The molecule has 1 amide bonds. The summed E-state index contributed by atoms with van der Waals surface area (Å²) in [5, 5.41) is 15.6. The van der Waals surface area contributed by atoms with E-state index in [-0.39, 0.29) is 17.8 Å². The molecule has 0 aliphatic rings. The molecule has 142 valence electrons. The van der Waals surface area contributed by atoms with E-state index in [1.165, 1.54) is 18.3 Å². The minimum absolute atomic E-state index is 0.245. The lowest BCUT2D eigenvalue weighted by Crippen LogP contribution is -2.28. The number of aromatic nitrogens is 5. The average molecular weight is 378 g/mol. The number of pyridine rings is 1. The predicted molar refractivity (Wildman–Crippen MR) is 102 cm³/mol. The largest absolute Gasteiger partial charge is 0.342 e. The molecule has 0 radical (unpaired) electrons. The third-order valence-corrected chi connectivity index (χ3v) is 4.59. The summed E-state index contributed by atoms with van der Waals surface area (Å²) in [5.74, 6) is 0.0830. The smallest absolute Gasteiger partial charge is 0.255 e. The van der Waals surface area contributed by atoms with Crippen LogP contribution in [0.2, 0.25) is 0 Å². The lowest BCUT2D eigenvalue weighted by molar-refractivity contribution is 0.0937. The second-order valence-electron chi connectivity index (χ2n) is 6.43. The lowest BCUT2D eigenvalue weighted by Gasteiger charge is -2.13. The summed E-state index contributed by atoms with van der Waals surface area (Å²) in [4.78, 5) is 12.9. The summed E-state index contributed by atoms with van der Waals surface area (Å²) in [7, 11) is 0. The van der Waals surface area contributed by atoms with Crippen molar-refractivity contribution in [3.63, 3.8) is 0 Å². The Morgan fingerprint density at radius 2 is 1.96 bits per heavy atom.